The maximum absolute atomic E-state index is 11.3. The van der Waals surface area contributed by atoms with Crippen LogP contribution in [0.2, 0.25) is 0 Å². The topological polar surface area (TPSA) is 82.5 Å². The average Bonchev–Trinajstić information content (AvgIpc) is 2.66. The predicted octanol–water partition coefficient (Wildman–Crippen LogP) is 2.24. The first-order chi connectivity index (χ1) is 12.9. The van der Waals surface area contributed by atoms with Crippen LogP contribution in [0.3, 0.4) is 0 Å². The van der Waals surface area contributed by atoms with E-state index in [4.69, 9.17) is 0 Å². The molecule has 1 aromatic heterocycles. The van der Waals surface area contributed by atoms with Gasteiger partial charge in [-0.3, -0.25) is 14.6 Å². The molecule has 2 aromatic rings. The summed E-state index contributed by atoms with van der Waals surface area (Å²) >= 11 is 0. The minimum absolute atomic E-state index is 0.140. The van der Waals surface area contributed by atoms with E-state index in [1.54, 1.807) is 12.1 Å². The van der Waals surface area contributed by atoms with Gasteiger partial charge in [0, 0.05) is 36.6 Å². The van der Waals surface area contributed by atoms with E-state index in [1.807, 2.05) is 36.5 Å². The monoisotopic (exact) mass is 389 g/mol. The number of nitrogens with zero attached hydrogens (tertiary/aromatic N) is 2. The van der Waals surface area contributed by atoms with Gasteiger partial charge in [-0.05, 0) is 55.1 Å². The van der Waals surface area contributed by atoms with Gasteiger partial charge < -0.3 is 5.11 Å². The summed E-state index contributed by atoms with van der Waals surface area (Å²) in [5.41, 5.74) is 2.84. The quantitative estimate of drug-likeness (QED) is 0.759. The smallest absolute Gasteiger partial charge is 0.229 e. The second-order valence-corrected chi connectivity index (χ2v) is 8.91. The van der Waals surface area contributed by atoms with Gasteiger partial charge in [0.25, 0.3) is 0 Å². The minimum Gasteiger partial charge on any atom is -0.395 e. The van der Waals surface area contributed by atoms with Crippen LogP contribution >= 0.6 is 0 Å². The summed E-state index contributed by atoms with van der Waals surface area (Å²) < 4.78 is 25.1. The molecule has 146 valence electrons. The van der Waals surface area contributed by atoms with Gasteiger partial charge in [0.05, 0.1) is 12.9 Å². The van der Waals surface area contributed by atoms with Crippen molar-refractivity contribution in [2.24, 2.45) is 0 Å². The van der Waals surface area contributed by atoms with Gasteiger partial charge >= 0.3 is 0 Å². The molecule has 0 aliphatic carbocycles. The number of aromatic nitrogens is 1. The fourth-order valence-electron chi connectivity index (χ4n) is 3.73. The highest BCUT2D eigenvalue weighted by atomic mass is 32.2. The molecule has 1 fully saturated rings. The Bertz CT molecular complexity index is 825. The van der Waals surface area contributed by atoms with Crippen LogP contribution in [-0.4, -0.2) is 55.4 Å². The summed E-state index contributed by atoms with van der Waals surface area (Å²) in [5.74, 6) is 0.375. The average molecular weight is 390 g/mol. The fraction of sp³-hybridized carbons (Fsp3) is 0.450. The van der Waals surface area contributed by atoms with Crippen molar-refractivity contribution in [1.82, 2.24) is 9.88 Å². The molecule has 0 radical (unpaired) electrons. The Labute approximate surface area is 161 Å². The number of pyridine rings is 1. The van der Waals surface area contributed by atoms with Crippen molar-refractivity contribution in [3.05, 3.63) is 59.9 Å². The van der Waals surface area contributed by atoms with Crippen LogP contribution in [0.1, 0.15) is 30.0 Å². The van der Waals surface area contributed by atoms with Crippen LogP contribution in [-0.2, 0) is 16.4 Å². The molecule has 2 N–H and O–H groups in total. The molecule has 2 unspecified atom stereocenters. The van der Waals surface area contributed by atoms with E-state index in [2.05, 4.69) is 14.6 Å². The number of likely N-dealkylation sites (tertiary alicyclic amines) is 1. The summed E-state index contributed by atoms with van der Waals surface area (Å²) in [4.78, 5) is 6.72. The first kappa shape index (κ1) is 19.8. The predicted molar refractivity (Wildman–Crippen MR) is 107 cm³/mol. The normalized spacial score (nSPS) is 21.1. The molecule has 0 bridgehead atoms. The van der Waals surface area contributed by atoms with Crippen LogP contribution in [0, 0.1) is 0 Å². The van der Waals surface area contributed by atoms with Crippen molar-refractivity contribution in [1.29, 1.82) is 0 Å². The van der Waals surface area contributed by atoms with E-state index < -0.39 is 10.0 Å². The van der Waals surface area contributed by atoms with Gasteiger partial charge in [-0.2, -0.15) is 0 Å². The third-order valence-electron chi connectivity index (χ3n) is 5.12. The number of hydrogen-bond donors (Lipinski definition) is 2. The van der Waals surface area contributed by atoms with Crippen LogP contribution < -0.4 is 4.72 Å². The summed E-state index contributed by atoms with van der Waals surface area (Å²) in [6.45, 7) is 1.98. The molecule has 3 rings (SSSR count). The molecule has 1 saturated heterocycles. The van der Waals surface area contributed by atoms with E-state index in [1.165, 1.54) is 5.56 Å². The molecule has 27 heavy (non-hydrogen) atoms. The first-order valence-electron chi connectivity index (χ1n) is 9.27. The van der Waals surface area contributed by atoms with E-state index >= 15 is 0 Å². The maximum Gasteiger partial charge on any atom is 0.229 e. The number of rotatable bonds is 7. The molecule has 0 amide bonds. The summed E-state index contributed by atoms with van der Waals surface area (Å²) in [6, 6.07) is 13.7. The van der Waals surface area contributed by atoms with E-state index in [0.717, 1.165) is 44.3 Å². The molecule has 6 nitrogen and oxygen atoms in total. The van der Waals surface area contributed by atoms with Crippen molar-refractivity contribution in [3.63, 3.8) is 0 Å². The minimum atomic E-state index is -3.26. The molecular weight excluding hydrogens is 362 g/mol. The Morgan fingerprint density at radius 3 is 2.63 bits per heavy atom. The lowest BCUT2D eigenvalue weighted by atomic mass is 9.85. The fourth-order valence-corrected chi connectivity index (χ4v) is 4.29. The standard InChI is InChI=1S/C20H27N3O3S/c1-27(25,26)22-19-7-5-16(6-8-19)17-9-12-23(20(14-17)15-24)13-10-18-4-2-3-11-21-18/h2-8,11,17,20,22,24H,9-10,12-15H2,1H3. The molecular formula is C20H27N3O3S. The number of hydrogen-bond acceptors (Lipinski definition) is 5. The number of sulfonamides is 1. The Kier molecular flexibility index (Phi) is 6.46. The summed E-state index contributed by atoms with van der Waals surface area (Å²) in [6.07, 6.45) is 5.77. The van der Waals surface area contributed by atoms with Crippen LogP contribution in [0.25, 0.3) is 0 Å². The highest BCUT2D eigenvalue weighted by molar-refractivity contribution is 7.92. The second kappa shape index (κ2) is 8.82. The highest BCUT2D eigenvalue weighted by Crippen LogP contribution is 2.32. The molecule has 1 aliphatic heterocycles. The van der Waals surface area contributed by atoms with Gasteiger partial charge in [-0.1, -0.05) is 18.2 Å². The van der Waals surface area contributed by atoms with Crippen LogP contribution in [0.15, 0.2) is 48.7 Å². The van der Waals surface area contributed by atoms with Gasteiger partial charge in [0.15, 0.2) is 0 Å². The van der Waals surface area contributed by atoms with Gasteiger partial charge in [-0.15, -0.1) is 0 Å². The van der Waals surface area contributed by atoms with Crippen molar-refractivity contribution < 1.29 is 13.5 Å². The van der Waals surface area contributed by atoms with Gasteiger partial charge in [0.1, 0.15) is 0 Å². The zero-order valence-corrected chi connectivity index (χ0v) is 16.4. The largest absolute Gasteiger partial charge is 0.395 e. The van der Waals surface area contributed by atoms with Gasteiger partial charge in [-0.25, -0.2) is 8.42 Å². The van der Waals surface area contributed by atoms with Crippen molar-refractivity contribution in [2.75, 3.05) is 30.7 Å². The molecule has 7 heteroatoms. The number of piperidine rings is 1. The maximum atomic E-state index is 11.3. The number of benzene rings is 1. The lowest BCUT2D eigenvalue weighted by Gasteiger charge is -2.39. The number of aliphatic hydroxyl groups excluding tert-OH is 1. The number of anilines is 1. The molecule has 1 aromatic carbocycles. The molecule has 2 heterocycles. The Morgan fingerprint density at radius 2 is 2.00 bits per heavy atom. The van der Waals surface area contributed by atoms with Crippen LogP contribution in [0.4, 0.5) is 5.69 Å². The van der Waals surface area contributed by atoms with Crippen molar-refractivity contribution in [2.45, 2.75) is 31.2 Å². The highest BCUT2D eigenvalue weighted by Gasteiger charge is 2.28. The third-order valence-corrected chi connectivity index (χ3v) is 5.72. The van der Waals surface area contributed by atoms with E-state index in [-0.39, 0.29) is 12.6 Å². The second-order valence-electron chi connectivity index (χ2n) is 7.16. The first-order valence-corrected chi connectivity index (χ1v) is 11.2. The summed E-state index contributed by atoms with van der Waals surface area (Å²) in [5, 5.41) is 9.86. The SMILES string of the molecule is CS(=O)(=O)Nc1ccc(C2CCN(CCc3ccccn3)C(CO)C2)cc1. The lowest BCUT2D eigenvalue weighted by molar-refractivity contribution is 0.0817. The van der Waals surface area contributed by atoms with Crippen molar-refractivity contribution >= 4 is 15.7 Å². The molecule has 0 spiro atoms. The van der Waals surface area contributed by atoms with Crippen LogP contribution in [0.5, 0.6) is 0 Å². The van der Waals surface area contributed by atoms with Gasteiger partial charge in [0.2, 0.25) is 10.0 Å². The third kappa shape index (κ3) is 5.76. The zero-order chi connectivity index (χ0) is 19.3. The Hall–Kier alpha value is -1.96. The molecule has 2 atom stereocenters. The number of aliphatic hydroxyl groups is 1. The van der Waals surface area contributed by atoms with E-state index in [9.17, 15) is 13.5 Å². The van der Waals surface area contributed by atoms with Crippen molar-refractivity contribution in [3.8, 4) is 0 Å². The van der Waals surface area contributed by atoms with E-state index in [0.29, 0.717) is 11.6 Å². The summed E-state index contributed by atoms with van der Waals surface area (Å²) in [7, 11) is -3.26. The Morgan fingerprint density at radius 1 is 1.22 bits per heavy atom. The Balaban J connectivity index is 1.59. The number of nitrogens with one attached hydrogen (secondary N) is 1. The molecule has 0 saturated carbocycles. The lowest BCUT2D eigenvalue weighted by Crippen LogP contribution is -2.45. The zero-order valence-electron chi connectivity index (χ0n) is 15.6. The molecule has 1 aliphatic rings.